The van der Waals surface area contributed by atoms with Crippen molar-refractivity contribution in [2.75, 3.05) is 31.4 Å². The lowest BCUT2D eigenvalue weighted by molar-refractivity contribution is 0.0692. The molecule has 0 saturated heterocycles. The van der Waals surface area contributed by atoms with Crippen LogP contribution in [-0.2, 0) is 11.1 Å². The van der Waals surface area contributed by atoms with Gasteiger partial charge in [-0.3, -0.25) is 9.78 Å². The predicted octanol–water partition coefficient (Wildman–Crippen LogP) is 7.30. The molecule has 1 saturated carbocycles. The number of carbonyl (C=O) groups excluding carboxylic acids is 1. The molecule has 0 spiro atoms. The maximum absolute atomic E-state index is 14.8. The summed E-state index contributed by atoms with van der Waals surface area (Å²) < 4.78 is 14.8. The first kappa shape index (κ1) is 27.9. The van der Waals surface area contributed by atoms with Crippen molar-refractivity contribution < 1.29 is 9.18 Å². The minimum absolute atomic E-state index is 0.0114. The number of amides is 1. The number of benzene rings is 2. The van der Waals surface area contributed by atoms with Gasteiger partial charge in [-0.25, -0.2) is 4.39 Å². The van der Waals surface area contributed by atoms with Crippen molar-refractivity contribution in [3.05, 3.63) is 65.4 Å². The van der Waals surface area contributed by atoms with Gasteiger partial charge in [0.2, 0.25) is 0 Å². The summed E-state index contributed by atoms with van der Waals surface area (Å²) in [5.74, 6) is -0.0114. The number of nitrogens with zero attached hydrogens (tertiary/aromatic N) is 3. The fourth-order valence-electron chi connectivity index (χ4n) is 5.41. The summed E-state index contributed by atoms with van der Waals surface area (Å²) in [6, 6.07) is 16.4. The zero-order chi connectivity index (χ0) is 27.8. The van der Waals surface area contributed by atoms with E-state index in [9.17, 15) is 9.18 Å². The number of carbonyl (C=O) groups is 1. The Labute approximate surface area is 227 Å². The molecule has 1 heterocycles. The number of anilines is 2. The Kier molecular flexibility index (Phi) is 7.74. The van der Waals surface area contributed by atoms with Gasteiger partial charge in [0, 0.05) is 72.2 Å². The molecule has 0 unspecified atom stereocenters. The number of halogens is 1. The third kappa shape index (κ3) is 5.95. The maximum Gasteiger partial charge on any atom is 0.253 e. The highest BCUT2D eigenvalue weighted by atomic mass is 19.1. The van der Waals surface area contributed by atoms with Crippen LogP contribution in [0.2, 0.25) is 0 Å². The van der Waals surface area contributed by atoms with Gasteiger partial charge in [0.1, 0.15) is 5.67 Å². The van der Waals surface area contributed by atoms with Gasteiger partial charge in [-0.2, -0.15) is 0 Å². The second-order valence-electron chi connectivity index (χ2n) is 12.5. The first-order valence-electron chi connectivity index (χ1n) is 13.7. The maximum atomic E-state index is 14.8. The largest absolute Gasteiger partial charge is 0.382 e. The Hall–Kier alpha value is -3.15. The van der Waals surface area contributed by atoms with Gasteiger partial charge >= 0.3 is 0 Å². The van der Waals surface area contributed by atoms with E-state index < -0.39 is 5.67 Å². The van der Waals surface area contributed by atoms with Crippen LogP contribution in [0, 0.1) is 0 Å². The van der Waals surface area contributed by atoms with Crippen molar-refractivity contribution in [1.29, 1.82) is 0 Å². The highest BCUT2D eigenvalue weighted by Gasteiger charge is 2.29. The summed E-state index contributed by atoms with van der Waals surface area (Å²) in [4.78, 5) is 22.1. The fourth-order valence-corrected chi connectivity index (χ4v) is 5.41. The number of hydrogen-bond donors (Lipinski definition) is 1. The summed E-state index contributed by atoms with van der Waals surface area (Å²) in [7, 11) is 5.66. The highest BCUT2D eigenvalue weighted by Crippen LogP contribution is 2.35. The van der Waals surface area contributed by atoms with Gasteiger partial charge < -0.3 is 15.1 Å². The van der Waals surface area contributed by atoms with Crippen LogP contribution in [0.5, 0.6) is 0 Å². The normalized spacial score (nSPS) is 18.3. The molecule has 0 aliphatic heterocycles. The van der Waals surface area contributed by atoms with Crippen molar-refractivity contribution in [3.63, 3.8) is 0 Å². The van der Waals surface area contributed by atoms with E-state index in [1.165, 1.54) is 0 Å². The Bertz CT molecular complexity index is 1300. The highest BCUT2D eigenvalue weighted by molar-refractivity contribution is 5.95. The lowest BCUT2D eigenvalue weighted by atomic mass is 9.88. The van der Waals surface area contributed by atoms with Crippen LogP contribution in [0.25, 0.3) is 10.9 Å². The number of pyridine rings is 1. The van der Waals surface area contributed by atoms with Crippen molar-refractivity contribution >= 4 is 28.2 Å². The van der Waals surface area contributed by atoms with Crippen LogP contribution in [0.3, 0.4) is 0 Å². The molecular weight excluding hydrogens is 475 g/mol. The summed E-state index contributed by atoms with van der Waals surface area (Å²) in [5.41, 5.74) is 3.65. The van der Waals surface area contributed by atoms with Gasteiger partial charge in [0.25, 0.3) is 5.91 Å². The smallest absolute Gasteiger partial charge is 0.253 e. The average molecular weight is 519 g/mol. The molecule has 1 N–H and O–H groups in total. The zero-order valence-corrected chi connectivity index (χ0v) is 24.2. The van der Waals surface area contributed by atoms with E-state index >= 15 is 0 Å². The minimum atomic E-state index is -1.48. The van der Waals surface area contributed by atoms with E-state index in [0.29, 0.717) is 17.2 Å². The number of alkyl halides is 1. The molecule has 2 aromatic carbocycles. The molecule has 0 atom stereocenters. The van der Waals surface area contributed by atoms with E-state index in [2.05, 4.69) is 50.4 Å². The molecule has 1 aromatic heterocycles. The Balaban J connectivity index is 1.46. The average Bonchev–Trinajstić information content (AvgIpc) is 2.86. The molecule has 6 heteroatoms. The van der Waals surface area contributed by atoms with Gasteiger partial charge in [0.05, 0.1) is 5.52 Å². The summed E-state index contributed by atoms with van der Waals surface area (Å²) >= 11 is 0. The number of aromatic nitrogens is 1. The van der Waals surface area contributed by atoms with Crippen LogP contribution in [0.15, 0.2) is 48.5 Å². The molecule has 204 valence electrons. The van der Waals surface area contributed by atoms with Crippen LogP contribution in [-0.4, -0.2) is 49.0 Å². The Morgan fingerprint density at radius 2 is 1.61 bits per heavy atom. The molecule has 0 radical (unpaired) electrons. The first-order valence-corrected chi connectivity index (χ1v) is 13.7. The molecule has 4 rings (SSSR count). The number of nitrogens with one attached hydrogen (secondary N) is 1. The molecule has 0 bridgehead atoms. The van der Waals surface area contributed by atoms with Gasteiger partial charge in [-0.15, -0.1) is 0 Å². The SMILES string of the molecule is CN(C)c1cc(C(=O)N(C)C2CCC(Nc3cc(C(C)(C)C)nc4ccccc34)CC2)ccc1C(C)(C)F. The molecule has 1 aliphatic rings. The number of hydrogen-bond acceptors (Lipinski definition) is 4. The third-order valence-electron chi connectivity index (χ3n) is 7.78. The van der Waals surface area contributed by atoms with Gasteiger partial charge in [-0.05, 0) is 63.8 Å². The number of rotatable bonds is 6. The summed E-state index contributed by atoms with van der Waals surface area (Å²) in [6.07, 6.45) is 3.85. The molecule has 5 nitrogen and oxygen atoms in total. The van der Waals surface area contributed by atoms with Crippen molar-refractivity contribution in [3.8, 4) is 0 Å². The molecule has 1 aliphatic carbocycles. The molecule has 1 amide bonds. The van der Waals surface area contributed by atoms with Crippen molar-refractivity contribution in [2.45, 2.75) is 83.5 Å². The lowest BCUT2D eigenvalue weighted by Gasteiger charge is -2.36. The monoisotopic (exact) mass is 518 g/mol. The first-order chi connectivity index (χ1) is 17.8. The predicted molar refractivity (Wildman–Crippen MR) is 157 cm³/mol. The van der Waals surface area contributed by atoms with Crippen molar-refractivity contribution in [2.24, 2.45) is 0 Å². The van der Waals surface area contributed by atoms with Crippen LogP contribution < -0.4 is 10.2 Å². The fraction of sp³-hybridized carbons (Fsp3) is 0.500. The number of fused-ring (bicyclic) bond motifs is 1. The topological polar surface area (TPSA) is 48.5 Å². The molecule has 3 aromatic rings. The number of para-hydroxylation sites is 1. The second kappa shape index (κ2) is 10.5. The standard InChI is InChI=1S/C32H43FN4O/c1-31(2,3)29-20-27(24-11-9-10-12-26(24)35-29)34-22-14-16-23(17-15-22)37(8)30(38)21-13-18-25(32(4,5)33)28(19-21)36(6)7/h9-13,18-20,22-23H,14-17H2,1-8H3,(H,34,35). The van der Waals surface area contributed by atoms with E-state index in [1.807, 2.05) is 43.1 Å². The van der Waals surface area contributed by atoms with Crippen LogP contribution in [0.1, 0.15) is 81.9 Å². The molecule has 38 heavy (non-hydrogen) atoms. The summed E-state index contributed by atoms with van der Waals surface area (Å²) in [5, 5.41) is 4.96. The van der Waals surface area contributed by atoms with E-state index in [-0.39, 0.29) is 17.4 Å². The van der Waals surface area contributed by atoms with E-state index in [0.717, 1.165) is 53.7 Å². The minimum Gasteiger partial charge on any atom is -0.382 e. The quantitative estimate of drug-likeness (QED) is 0.372. The zero-order valence-electron chi connectivity index (χ0n) is 24.2. The summed E-state index contributed by atoms with van der Waals surface area (Å²) in [6.45, 7) is 9.68. The van der Waals surface area contributed by atoms with E-state index in [1.54, 1.807) is 26.0 Å². The Morgan fingerprint density at radius 1 is 0.947 bits per heavy atom. The third-order valence-corrected chi connectivity index (χ3v) is 7.78. The van der Waals surface area contributed by atoms with Crippen molar-refractivity contribution in [1.82, 2.24) is 9.88 Å². The molecule has 1 fully saturated rings. The van der Waals surface area contributed by atoms with Crippen LogP contribution >= 0.6 is 0 Å². The van der Waals surface area contributed by atoms with Gasteiger partial charge in [0.15, 0.2) is 0 Å². The van der Waals surface area contributed by atoms with Gasteiger partial charge in [-0.1, -0.05) is 45.0 Å². The Morgan fingerprint density at radius 3 is 2.21 bits per heavy atom. The molecular formula is C32H43FN4O. The van der Waals surface area contributed by atoms with E-state index in [4.69, 9.17) is 4.98 Å². The second-order valence-corrected chi connectivity index (χ2v) is 12.5. The van der Waals surface area contributed by atoms with Crippen LogP contribution in [0.4, 0.5) is 15.8 Å². The lowest BCUT2D eigenvalue weighted by Crippen LogP contribution is -2.41.